The number of ether oxygens (including phenoxy) is 4. The number of aromatic nitrogens is 1. The van der Waals surface area contributed by atoms with Crippen LogP contribution in [0, 0.1) is 5.92 Å². The van der Waals surface area contributed by atoms with Gasteiger partial charge in [-0.2, -0.15) is 0 Å². The van der Waals surface area contributed by atoms with Gasteiger partial charge in [-0.05, 0) is 68.4 Å². The number of rotatable bonds is 8. The summed E-state index contributed by atoms with van der Waals surface area (Å²) in [4.78, 5) is 20.6. The number of aliphatic carboxylic acids is 2. The molecule has 0 unspecified atom stereocenters. The molecular weight excluding hydrogens is 512 g/mol. The summed E-state index contributed by atoms with van der Waals surface area (Å²) in [5.41, 5.74) is 0.0765. The van der Waals surface area contributed by atoms with Gasteiger partial charge in [-0.3, -0.25) is 0 Å². The molecular formula is C27H38N2O10. The Hall–Kier alpha value is -2.93. The van der Waals surface area contributed by atoms with E-state index in [9.17, 15) is 5.11 Å². The summed E-state index contributed by atoms with van der Waals surface area (Å²) < 4.78 is 29.0. The zero-order chi connectivity index (χ0) is 27.8. The first-order valence-electron chi connectivity index (χ1n) is 13.5. The predicted molar refractivity (Wildman–Crippen MR) is 138 cm³/mol. The second-order valence-electron chi connectivity index (χ2n) is 10.5. The van der Waals surface area contributed by atoms with Crippen LogP contribution in [-0.2, 0) is 19.1 Å². The molecule has 12 nitrogen and oxygen atoms in total. The van der Waals surface area contributed by atoms with E-state index in [1.807, 2.05) is 18.2 Å². The van der Waals surface area contributed by atoms with E-state index >= 15 is 0 Å². The predicted octanol–water partition coefficient (Wildman–Crippen LogP) is 2.56. The van der Waals surface area contributed by atoms with Crippen LogP contribution in [0.25, 0.3) is 11.0 Å². The largest absolute Gasteiger partial charge is 0.487 e. The molecule has 0 radical (unpaired) electrons. The molecule has 0 amide bonds. The van der Waals surface area contributed by atoms with Gasteiger partial charge in [0.1, 0.15) is 17.2 Å². The summed E-state index contributed by atoms with van der Waals surface area (Å²) in [6.45, 7) is 4.61. The Morgan fingerprint density at radius 3 is 2.44 bits per heavy atom. The minimum Gasteiger partial charge on any atom is -0.487 e. The maximum Gasteiger partial charge on any atom is 0.414 e. The minimum absolute atomic E-state index is 0.0400. The van der Waals surface area contributed by atoms with Crippen molar-refractivity contribution in [3.8, 4) is 11.6 Å². The first kappa shape index (κ1) is 29.1. The Kier molecular flexibility index (Phi) is 10.0. The standard InChI is InChI=1S/C25H36N2O6.C2H2O4/c1-29-19-4-2-5-20(19)32-21-6-3-7-22-23(21)24(26-33-22)31-16-18-8-12-27(13-9-18)17-25(28)10-14-30-15-11-25;3-1(4)2(5)6/h3,6-7,18-20,28H,2,4-5,8-17H2,1H3;(H,3,4)(H,5,6)/t19-,20+;/m1./s1. The van der Waals surface area contributed by atoms with Gasteiger partial charge in [-0.25, -0.2) is 9.59 Å². The molecule has 2 aromatic rings. The number of piperidine rings is 1. The van der Waals surface area contributed by atoms with Crippen LogP contribution >= 0.6 is 0 Å². The molecule has 5 rings (SSSR count). The molecule has 0 spiro atoms. The smallest absolute Gasteiger partial charge is 0.414 e. The van der Waals surface area contributed by atoms with Crippen molar-refractivity contribution in [3.63, 3.8) is 0 Å². The number of methoxy groups -OCH3 is 1. The van der Waals surface area contributed by atoms with Gasteiger partial charge < -0.3 is 43.7 Å². The van der Waals surface area contributed by atoms with Crippen molar-refractivity contribution < 1.29 is 48.4 Å². The molecule has 216 valence electrons. The fourth-order valence-electron chi connectivity index (χ4n) is 5.42. The molecule has 3 N–H and O–H groups in total. The van der Waals surface area contributed by atoms with Gasteiger partial charge in [0, 0.05) is 39.7 Å². The number of hydrogen-bond acceptors (Lipinski definition) is 10. The number of aliphatic hydroxyl groups is 1. The Morgan fingerprint density at radius 2 is 1.77 bits per heavy atom. The molecule has 0 bridgehead atoms. The lowest BCUT2D eigenvalue weighted by atomic mass is 9.91. The van der Waals surface area contributed by atoms with Crippen LogP contribution in [0.5, 0.6) is 11.6 Å². The highest BCUT2D eigenvalue weighted by molar-refractivity contribution is 6.27. The van der Waals surface area contributed by atoms with Crippen LogP contribution in [0.1, 0.15) is 44.9 Å². The van der Waals surface area contributed by atoms with Crippen LogP contribution < -0.4 is 9.47 Å². The average Bonchev–Trinajstić information content (AvgIpc) is 3.56. The molecule has 3 fully saturated rings. The van der Waals surface area contributed by atoms with E-state index in [1.165, 1.54) is 0 Å². The van der Waals surface area contributed by atoms with Gasteiger partial charge in [0.25, 0.3) is 5.88 Å². The summed E-state index contributed by atoms with van der Waals surface area (Å²) in [6, 6.07) is 5.77. The molecule has 1 aromatic heterocycles. The highest BCUT2D eigenvalue weighted by Gasteiger charge is 2.34. The summed E-state index contributed by atoms with van der Waals surface area (Å²) >= 11 is 0. The highest BCUT2D eigenvalue weighted by Crippen LogP contribution is 2.37. The quantitative estimate of drug-likeness (QED) is 0.413. The summed E-state index contributed by atoms with van der Waals surface area (Å²) in [5, 5.41) is 30.6. The number of nitrogens with zero attached hydrogens (tertiary/aromatic N) is 2. The Morgan fingerprint density at radius 1 is 1.08 bits per heavy atom. The van der Waals surface area contributed by atoms with E-state index < -0.39 is 17.5 Å². The maximum absolute atomic E-state index is 10.8. The Balaban J connectivity index is 0.000000531. The number of likely N-dealkylation sites (tertiary alicyclic amines) is 1. The van der Waals surface area contributed by atoms with Gasteiger partial charge in [0.05, 0.1) is 18.3 Å². The van der Waals surface area contributed by atoms with Crippen molar-refractivity contribution in [2.45, 2.75) is 62.8 Å². The van der Waals surface area contributed by atoms with Crippen LogP contribution in [-0.4, -0.2) is 102 Å². The number of hydrogen-bond donors (Lipinski definition) is 3. The van der Waals surface area contributed by atoms with Crippen molar-refractivity contribution in [3.05, 3.63) is 18.2 Å². The Bertz CT molecular complexity index is 1080. The third-order valence-electron chi connectivity index (χ3n) is 7.69. The number of carboxylic acid groups (broad SMARTS) is 2. The average molecular weight is 551 g/mol. The third kappa shape index (κ3) is 7.81. The van der Waals surface area contributed by atoms with Crippen molar-refractivity contribution in [1.29, 1.82) is 0 Å². The zero-order valence-corrected chi connectivity index (χ0v) is 22.3. The van der Waals surface area contributed by atoms with Crippen molar-refractivity contribution in [1.82, 2.24) is 10.1 Å². The fourth-order valence-corrected chi connectivity index (χ4v) is 5.42. The molecule has 2 saturated heterocycles. The fraction of sp³-hybridized carbons (Fsp3) is 0.667. The van der Waals surface area contributed by atoms with Crippen molar-refractivity contribution in [2.24, 2.45) is 5.92 Å². The second kappa shape index (κ2) is 13.4. The molecule has 2 aliphatic heterocycles. The molecule has 1 saturated carbocycles. The second-order valence-corrected chi connectivity index (χ2v) is 10.5. The monoisotopic (exact) mass is 550 g/mol. The lowest BCUT2D eigenvalue weighted by molar-refractivity contribution is -0.159. The molecule has 39 heavy (non-hydrogen) atoms. The summed E-state index contributed by atoms with van der Waals surface area (Å²) in [7, 11) is 1.75. The van der Waals surface area contributed by atoms with Crippen LogP contribution in [0.3, 0.4) is 0 Å². The minimum atomic E-state index is -1.82. The summed E-state index contributed by atoms with van der Waals surface area (Å²) in [5.74, 6) is -1.94. The SMILES string of the molecule is CO[C@@H]1CCC[C@@H]1Oc1cccc2onc(OCC3CCN(CC4(O)CCOCC4)CC3)c12.O=C(O)C(=O)O. The number of carbonyl (C=O) groups is 2. The first-order chi connectivity index (χ1) is 18.8. The number of fused-ring (bicyclic) bond motifs is 1. The lowest BCUT2D eigenvalue weighted by Crippen LogP contribution is -2.49. The normalized spacial score (nSPS) is 23.6. The van der Waals surface area contributed by atoms with E-state index in [1.54, 1.807) is 7.11 Å². The number of carboxylic acids is 2. The van der Waals surface area contributed by atoms with Crippen molar-refractivity contribution >= 4 is 22.9 Å². The van der Waals surface area contributed by atoms with E-state index in [2.05, 4.69) is 10.1 Å². The van der Waals surface area contributed by atoms with Gasteiger partial charge in [0.2, 0.25) is 0 Å². The number of benzene rings is 1. The molecule has 1 aromatic carbocycles. The van der Waals surface area contributed by atoms with Crippen LogP contribution in [0.4, 0.5) is 0 Å². The topological polar surface area (TPSA) is 161 Å². The van der Waals surface area contributed by atoms with Gasteiger partial charge >= 0.3 is 11.9 Å². The van der Waals surface area contributed by atoms with Crippen LogP contribution in [0.2, 0.25) is 0 Å². The lowest BCUT2D eigenvalue weighted by Gasteiger charge is -2.39. The van der Waals surface area contributed by atoms with Gasteiger partial charge in [0.15, 0.2) is 5.58 Å². The molecule has 2 atom stereocenters. The first-order valence-corrected chi connectivity index (χ1v) is 13.5. The maximum atomic E-state index is 10.8. The van der Waals surface area contributed by atoms with Gasteiger partial charge in [-0.1, -0.05) is 6.07 Å². The highest BCUT2D eigenvalue weighted by atomic mass is 16.6. The van der Waals surface area contributed by atoms with E-state index in [0.717, 1.165) is 75.7 Å². The summed E-state index contributed by atoms with van der Waals surface area (Å²) in [6.07, 6.45) is 6.82. The zero-order valence-electron chi connectivity index (χ0n) is 22.3. The van der Waals surface area contributed by atoms with Gasteiger partial charge in [-0.15, -0.1) is 0 Å². The molecule has 12 heteroatoms. The van der Waals surface area contributed by atoms with E-state index in [0.29, 0.717) is 37.2 Å². The van der Waals surface area contributed by atoms with E-state index in [-0.39, 0.29) is 12.2 Å². The third-order valence-corrected chi connectivity index (χ3v) is 7.69. The van der Waals surface area contributed by atoms with Crippen LogP contribution in [0.15, 0.2) is 22.7 Å². The molecule has 1 aliphatic carbocycles. The molecule has 3 aliphatic rings. The molecule has 3 heterocycles. The van der Waals surface area contributed by atoms with Crippen molar-refractivity contribution in [2.75, 3.05) is 46.6 Å². The number of β-amino-alcohol motifs (C(OH)–C–C–N with tert-alkyl or cyclic N) is 1. The Labute approximate surface area is 226 Å². The van der Waals surface area contributed by atoms with E-state index in [4.69, 9.17) is 43.3 Å².